The highest BCUT2D eigenvalue weighted by Crippen LogP contribution is 2.16. The highest BCUT2D eigenvalue weighted by Gasteiger charge is 2.09. The number of aromatic amines is 1. The van der Waals surface area contributed by atoms with Crippen molar-refractivity contribution in [2.45, 2.75) is 39.5 Å². The minimum atomic E-state index is -0.0755. The molecule has 0 bridgehead atoms. The first kappa shape index (κ1) is 19.6. The van der Waals surface area contributed by atoms with Crippen LogP contribution in [0.1, 0.15) is 48.4 Å². The first-order valence-electron chi connectivity index (χ1n) is 9.68. The maximum Gasteiger partial charge on any atom is 0.251 e. The predicted octanol–water partition coefficient (Wildman–Crippen LogP) is 3.84. The average molecular weight is 378 g/mol. The molecule has 0 aliphatic heterocycles. The van der Waals surface area contributed by atoms with Gasteiger partial charge in [0.1, 0.15) is 5.82 Å². The maximum absolute atomic E-state index is 12.2. The van der Waals surface area contributed by atoms with Crippen molar-refractivity contribution in [3.63, 3.8) is 0 Å². The minimum Gasteiger partial charge on any atom is -0.352 e. The van der Waals surface area contributed by atoms with E-state index in [0.717, 1.165) is 48.2 Å². The molecular weight excluding hydrogens is 352 g/mol. The molecule has 0 saturated carbocycles. The molecule has 3 rings (SSSR count). The summed E-state index contributed by atoms with van der Waals surface area (Å²) in [6.45, 7) is 4.29. The largest absolute Gasteiger partial charge is 0.352 e. The summed E-state index contributed by atoms with van der Waals surface area (Å²) < 4.78 is 0. The van der Waals surface area contributed by atoms with E-state index in [1.807, 2.05) is 42.5 Å². The number of nitrogens with zero attached hydrogens (tertiary/aromatic N) is 1. The van der Waals surface area contributed by atoms with Crippen molar-refractivity contribution in [3.8, 4) is 0 Å². The number of amides is 2. The number of aryl methyl sites for hydroxylation is 2. The smallest absolute Gasteiger partial charge is 0.251 e. The Morgan fingerprint density at radius 2 is 1.86 bits per heavy atom. The number of unbranched alkanes of at least 4 members (excludes halogenated alkanes) is 1. The Kier molecular flexibility index (Phi) is 6.42. The molecule has 1 heterocycles. The fourth-order valence-electron chi connectivity index (χ4n) is 3.02. The lowest BCUT2D eigenvalue weighted by Crippen LogP contribution is -2.24. The molecule has 2 amide bonds. The number of hydrogen-bond acceptors (Lipinski definition) is 3. The first-order chi connectivity index (χ1) is 13.5. The second kappa shape index (κ2) is 9.17. The maximum atomic E-state index is 12.2. The molecule has 6 heteroatoms. The molecule has 0 spiro atoms. The van der Waals surface area contributed by atoms with Crippen LogP contribution in [0.15, 0.2) is 42.5 Å². The van der Waals surface area contributed by atoms with Gasteiger partial charge in [0.15, 0.2) is 0 Å². The molecule has 3 N–H and O–H groups in total. The number of benzene rings is 2. The van der Waals surface area contributed by atoms with E-state index in [0.29, 0.717) is 12.1 Å². The zero-order valence-electron chi connectivity index (χ0n) is 16.3. The van der Waals surface area contributed by atoms with Crippen LogP contribution in [-0.4, -0.2) is 28.3 Å². The standard InChI is InChI=1S/C22H26N4O2/c1-3-4-13-23-22(28)17-8-11-19-20(14-17)26-21(25-19)12-7-16-5-9-18(10-6-16)24-15(2)27/h5-6,8-11,14H,3-4,7,12-13H2,1-2H3,(H,23,28)(H,24,27)(H,25,26). The number of imidazole rings is 1. The third-order valence-electron chi connectivity index (χ3n) is 4.53. The summed E-state index contributed by atoms with van der Waals surface area (Å²) in [6.07, 6.45) is 3.64. The second-order valence-corrected chi connectivity index (χ2v) is 6.90. The summed E-state index contributed by atoms with van der Waals surface area (Å²) in [5.74, 6) is 0.767. The van der Waals surface area contributed by atoms with Crippen LogP contribution >= 0.6 is 0 Å². The molecule has 0 atom stereocenters. The molecule has 0 aliphatic carbocycles. The first-order valence-corrected chi connectivity index (χ1v) is 9.68. The topological polar surface area (TPSA) is 86.9 Å². The van der Waals surface area contributed by atoms with Crippen LogP contribution in [0, 0.1) is 0 Å². The van der Waals surface area contributed by atoms with E-state index >= 15 is 0 Å². The Bertz CT molecular complexity index is 960. The van der Waals surface area contributed by atoms with Gasteiger partial charge in [0.2, 0.25) is 5.91 Å². The van der Waals surface area contributed by atoms with Gasteiger partial charge in [-0.05, 0) is 48.7 Å². The predicted molar refractivity (Wildman–Crippen MR) is 111 cm³/mol. The van der Waals surface area contributed by atoms with Gasteiger partial charge >= 0.3 is 0 Å². The molecule has 146 valence electrons. The van der Waals surface area contributed by atoms with Crippen molar-refractivity contribution in [1.82, 2.24) is 15.3 Å². The SMILES string of the molecule is CCCCNC(=O)c1ccc2nc(CCc3ccc(NC(C)=O)cc3)[nH]c2c1. The van der Waals surface area contributed by atoms with Crippen LogP contribution in [0.5, 0.6) is 0 Å². The van der Waals surface area contributed by atoms with Gasteiger partial charge in [0, 0.05) is 31.1 Å². The van der Waals surface area contributed by atoms with Gasteiger partial charge in [-0.25, -0.2) is 4.98 Å². The van der Waals surface area contributed by atoms with Gasteiger partial charge in [0.25, 0.3) is 5.91 Å². The van der Waals surface area contributed by atoms with E-state index in [2.05, 4.69) is 27.5 Å². The third kappa shape index (κ3) is 5.19. The molecule has 0 unspecified atom stereocenters. The number of rotatable bonds is 8. The summed E-state index contributed by atoms with van der Waals surface area (Å²) in [7, 11) is 0. The highest BCUT2D eigenvalue weighted by atomic mass is 16.2. The Morgan fingerprint density at radius 1 is 1.07 bits per heavy atom. The van der Waals surface area contributed by atoms with E-state index in [9.17, 15) is 9.59 Å². The van der Waals surface area contributed by atoms with Crippen molar-refractivity contribution in [1.29, 1.82) is 0 Å². The molecule has 0 radical (unpaired) electrons. The van der Waals surface area contributed by atoms with Crippen molar-refractivity contribution < 1.29 is 9.59 Å². The lowest BCUT2D eigenvalue weighted by molar-refractivity contribution is -0.114. The lowest BCUT2D eigenvalue weighted by atomic mass is 10.1. The molecule has 0 saturated heterocycles. The number of carbonyl (C=O) groups excluding carboxylic acids is 2. The summed E-state index contributed by atoms with van der Waals surface area (Å²) in [5, 5.41) is 5.70. The van der Waals surface area contributed by atoms with Gasteiger partial charge in [0.05, 0.1) is 11.0 Å². The zero-order valence-corrected chi connectivity index (χ0v) is 16.3. The number of carbonyl (C=O) groups is 2. The number of aromatic nitrogens is 2. The molecular formula is C22H26N4O2. The van der Waals surface area contributed by atoms with Gasteiger partial charge in [-0.1, -0.05) is 25.5 Å². The monoisotopic (exact) mass is 378 g/mol. The Hall–Kier alpha value is -3.15. The fraction of sp³-hybridized carbons (Fsp3) is 0.318. The van der Waals surface area contributed by atoms with Crippen LogP contribution in [0.2, 0.25) is 0 Å². The summed E-state index contributed by atoms with van der Waals surface area (Å²) in [5.41, 5.74) is 4.35. The Balaban J connectivity index is 1.62. The fourth-order valence-corrected chi connectivity index (χ4v) is 3.02. The van der Waals surface area contributed by atoms with Crippen molar-refractivity contribution in [3.05, 3.63) is 59.4 Å². The van der Waals surface area contributed by atoms with Crippen LogP contribution in [0.3, 0.4) is 0 Å². The number of anilines is 1. The average Bonchev–Trinajstić information content (AvgIpc) is 3.09. The van der Waals surface area contributed by atoms with E-state index in [-0.39, 0.29) is 11.8 Å². The normalized spacial score (nSPS) is 10.8. The molecule has 3 aromatic rings. The quantitative estimate of drug-likeness (QED) is 0.521. The van der Waals surface area contributed by atoms with Gasteiger partial charge in [-0.15, -0.1) is 0 Å². The van der Waals surface area contributed by atoms with Gasteiger partial charge in [-0.2, -0.15) is 0 Å². The third-order valence-corrected chi connectivity index (χ3v) is 4.53. The van der Waals surface area contributed by atoms with E-state index in [1.54, 1.807) is 0 Å². The van der Waals surface area contributed by atoms with Crippen LogP contribution in [0.4, 0.5) is 5.69 Å². The van der Waals surface area contributed by atoms with E-state index in [1.165, 1.54) is 12.5 Å². The Morgan fingerprint density at radius 3 is 2.57 bits per heavy atom. The van der Waals surface area contributed by atoms with Gasteiger partial charge < -0.3 is 15.6 Å². The summed E-state index contributed by atoms with van der Waals surface area (Å²) >= 11 is 0. The molecule has 2 aromatic carbocycles. The van der Waals surface area contributed by atoms with Crippen molar-refractivity contribution >= 4 is 28.5 Å². The number of hydrogen-bond donors (Lipinski definition) is 3. The molecule has 28 heavy (non-hydrogen) atoms. The zero-order chi connectivity index (χ0) is 19.9. The number of nitrogens with one attached hydrogen (secondary N) is 3. The van der Waals surface area contributed by atoms with Crippen molar-refractivity contribution in [2.75, 3.05) is 11.9 Å². The summed E-state index contributed by atoms with van der Waals surface area (Å²) in [6, 6.07) is 13.4. The van der Waals surface area contributed by atoms with Crippen LogP contribution in [0.25, 0.3) is 11.0 Å². The van der Waals surface area contributed by atoms with E-state index in [4.69, 9.17) is 0 Å². The Labute approximate surface area is 164 Å². The summed E-state index contributed by atoms with van der Waals surface area (Å²) in [4.78, 5) is 31.2. The van der Waals surface area contributed by atoms with Gasteiger partial charge in [-0.3, -0.25) is 9.59 Å². The van der Waals surface area contributed by atoms with Crippen molar-refractivity contribution in [2.24, 2.45) is 0 Å². The molecule has 6 nitrogen and oxygen atoms in total. The van der Waals surface area contributed by atoms with E-state index < -0.39 is 0 Å². The second-order valence-electron chi connectivity index (χ2n) is 6.90. The molecule has 1 aromatic heterocycles. The number of H-pyrrole nitrogens is 1. The highest BCUT2D eigenvalue weighted by molar-refractivity contribution is 5.97. The molecule has 0 fully saturated rings. The number of fused-ring (bicyclic) bond motifs is 1. The van der Waals surface area contributed by atoms with Crippen LogP contribution in [-0.2, 0) is 17.6 Å². The minimum absolute atomic E-state index is 0.0502. The molecule has 0 aliphatic rings. The lowest BCUT2D eigenvalue weighted by Gasteiger charge is -2.04. The van der Waals surface area contributed by atoms with Crippen LogP contribution < -0.4 is 10.6 Å².